The van der Waals surface area contributed by atoms with E-state index in [2.05, 4.69) is 54.1 Å². The van der Waals surface area contributed by atoms with E-state index in [0.29, 0.717) is 0 Å². The predicted molar refractivity (Wildman–Crippen MR) is 81.8 cm³/mol. The fourth-order valence-electron chi connectivity index (χ4n) is 2.49. The van der Waals surface area contributed by atoms with Crippen LogP contribution in [-0.2, 0) is 13.1 Å². The summed E-state index contributed by atoms with van der Waals surface area (Å²) in [5.74, 6) is 0. The van der Waals surface area contributed by atoms with E-state index < -0.39 is 0 Å². The lowest BCUT2D eigenvalue weighted by Crippen LogP contribution is -2.16. The van der Waals surface area contributed by atoms with Crippen LogP contribution in [0.4, 0.5) is 0 Å². The number of benzene rings is 1. The van der Waals surface area contributed by atoms with E-state index in [-0.39, 0.29) is 0 Å². The molecule has 0 atom stereocenters. The first kappa shape index (κ1) is 13.4. The highest BCUT2D eigenvalue weighted by atomic mass is 15.3. The summed E-state index contributed by atoms with van der Waals surface area (Å²) in [5.41, 5.74) is 6.60. The van der Waals surface area contributed by atoms with Crippen LogP contribution in [0.5, 0.6) is 0 Å². The molecule has 3 nitrogen and oxygen atoms in total. The third kappa shape index (κ3) is 2.93. The van der Waals surface area contributed by atoms with Crippen LogP contribution in [-0.4, -0.2) is 15.8 Å². The second-order valence-corrected chi connectivity index (χ2v) is 6.00. The van der Waals surface area contributed by atoms with Crippen LogP contribution in [0.1, 0.15) is 40.8 Å². The van der Waals surface area contributed by atoms with Gasteiger partial charge in [0.05, 0.1) is 12.7 Å². The molecule has 0 radical (unpaired) electrons. The molecule has 1 aliphatic carbocycles. The maximum absolute atomic E-state index is 4.56. The fraction of sp³-hybridized carbons (Fsp3) is 0.471. The molecule has 0 bridgehead atoms. The first-order chi connectivity index (χ1) is 9.63. The average molecular weight is 269 g/mol. The number of aromatic nitrogens is 2. The molecule has 106 valence electrons. The molecule has 0 spiro atoms. The van der Waals surface area contributed by atoms with Crippen LogP contribution >= 0.6 is 0 Å². The number of nitrogens with one attached hydrogen (secondary N) is 1. The molecular formula is C17H23N3. The molecule has 1 N–H and O–H groups in total. The van der Waals surface area contributed by atoms with Crippen LogP contribution in [0.15, 0.2) is 24.4 Å². The Labute approximate surface area is 121 Å². The average Bonchev–Trinajstić information content (AvgIpc) is 3.19. The van der Waals surface area contributed by atoms with Crippen molar-refractivity contribution in [3.8, 4) is 0 Å². The van der Waals surface area contributed by atoms with E-state index in [1.54, 1.807) is 0 Å². The smallest absolute Gasteiger partial charge is 0.0665 e. The van der Waals surface area contributed by atoms with E-state index in [4.69, 9.17) is 0 Å². The van der Waals surface area contributed by atoms with Crippen LogP contribution in [0.3, 0.4) is 0 Å². The maximum Gasteiger partial charge on any atom is 0.0665 e. The lowest BCUT2D eigenvalue weighted by Gasteiger charge is -2.10. The molecule has 1 fully saturated rings. The van der Waals surface area contributed by atoms with Gasteiger partial charge < -0.3 is 5.32 Å². The Bertz CT molecular complexity index is 609. The molecule has 20 heavy (non-hydrogen) atoms. The van der Waals surface area contributed by atoms with Gasteiger partial charge in [-0.2, -0.15) is 5.10 Å². The zero-order chi connectivity index (χ0) is 14.1. The topological polar surface area (TPSA) is 29.9 Å². The molecular weight excluding hydrogens is 246 g/mol. The van der Waals surface area contributed by atoms with Crippen molar-refractivity contribution < 1.29 is 0 Å². The van der Waals surface area contributed by atoms with Gasteiger partial charge >= 0.3 is 0 Å². The molecule has 1 aliphatic rings. The van der Waals surface area contributed by atoms with Crippen molar-refractivity contribution in [2.45, 2.75) is 52.7 Å². The SMILES string of the molecule is Cc1ccc(C)c(Cn2ncc(CNC3CC3)c2C)c1. The van der Waals surface area contributed by atoms with Gasteiger partial charge in [0.2, 0.25) is 0 Å². The van der Waals surface area contributed by atoms with Crippen molar-refractivity contribution in [3.05, 3.63) is 52.3 Å². The minimum Gasteiger partial charge on any atom is -0.310 e. The summed E-state index contributed by atoms with van der Waals surface area (Å²) in [5, 5.41) is 8.11. The summed E-state index contributed by atoms with van der Waals surface area (Å²) in [6.45, 7) is 8.29. The van der Waals surface area contributed by atoms with Crippen LogP contribution in [0, 0.1) is 20.8 Å². The highest BCUT2D eigenvalue weighted by Crippen LogP contribution is 2.20. The number of rotatable bonds is 5. The summed E-state index contributed by atoms with van der Waals surface area (Å²) in [6.07, 6.45) is 4.67. The van der Waals surface area contributed by atoms with Crippen molar-refractivity contribution in [1.29, 1.82) is 0 Å². The summed E-state index contributed by atoms with van der Waals surface area (Å²) >= 11 is 0. The quantitative estimate of drug-likeness (QED) is 0.904. The highest BCUT2D eigenvalue weighted by molar-refractivity contribution is 5.31. The number of aryl methyl sites for hydroxylation is 2. The zero-order valence-electron chi connectivity index (χ0n) is 12.6. The largest absolute Gasteiger partial charge is 0.310 e. The van der Waals surface area contributed by atoms with E-state index >= 15 is 0 Å². The van der Waals surface area contributed by atoms with Gasteiger partial charge in [0.15, 0.2) is 0 Å². The third-order valence-electron chi connectivity index (χ3n) is 4.19. The molecule has 3 rings (SSSR count). The van der Waals surface area contributed by atoms with Gasteiger partial charge in [0.25, 0.3) is 0 Å². The zero-order valence-corrected chi connectivity index (χ0v) is 12.6. The van der Waals surface area contributed by atoms with Crippen LogP contribution in [0.2, 0.25) is 0 Å². The Morgan fingerprint density at radius 2 is 2.00 bits per heavy atom. The van der Waals surface area contributed by atoms with Crippen molar-refractivity contribution in [2.24, 2.45) is 0 Å². The van der Waals surface area contributed by atoms with E-state index in [1.807, 2.05) is 6.20 Å². The lowest BCUT2D eigenvalue weighted by atomic mass is 10.1. The third-order valence-corrected chi connectivity index (χ3v) is 4.19. The molecule has 3 heteroatoms. The first-order valence-electron chi connectivity index (χ1n) is 7.44. The number of hydrogen-bond acceptors (Lipinski definition) is 2. The summed E-state index contributed by atoms with van der Waals surface area (Å²) in [4.78, 5) is 0. The Balaban J connectivity index is 1.74. The minimum absolute atomic E-state index is 0.747. The second-order valence-electron chi connectivity index (χ2n) is 6.00. The Hall–Kier alpha value is -1.61. The Morgan fingerprint density at radius 1 is 1.20 bits per heavy atom. The van der Waals surface area contributed by atoms with Gasteiger partial charge in [-0.15, -0.1) is 0 Å². The van der Waals surface area contributed by atoms with Gasteiger partial charge in [-0.25, -0.2) is 0 Å². The lowest BCUT2D eigenvalue weighted by molar-refractivity contribution is 0.652. The van der Waals surface area contributed by atoms with Gasteiger partial charge in [-0.1, -0.05) is 23.8 Å². The Kier molecular flexibility index (Phi) is 3.62. The minimum atomic E-state index is 0.747. The van der Waals surface area contributed by atoms with E-state index in [1.165, 1.54) is 40.8 Å². The number of nitrogens with zero attached hydrogens (tertiary/aromatic N) is 2. The molecule has 0 amide bonds. The summed E-state index contributed by atoms with van der Waals surface area (Å²) < 4.78 is 2.12. The highest BCUT2D eigenvalue weighted by Gasteiger charge is 2.20. The second kappa shape index (κ2) is 5.41. The standard InChI is InChI=1S/C17H23N3/c1-12-4-5-13(2)15(8-12)11-20-14(3)16(10-19-20)9-18-17-6-7-17/h4-5,8,10,17-18H,6-7,9,11H2,1-3H3. The van der Waals surface area contributed by atoms with Crippen molar-refractivity contribution >= 4 is 0 Å². The summed E-state index contributed by atoms with van der Waals surface area (Å²) in [7, 11) is 0. The van der Waals surface area contributed by atoms with Gasteiger partial charge in [-0.05, 0) is 44.7 Å². The molecule has 0 saturated heterocycles. The number of hydrogen-bond donors (Lipinski definition) is 1. The monoisotopic (exact) mass is 269 g/mol. The molecule has 0 aliphatic heterocycles. The van der Waals surface area contributed by atoms with E-state index in [0.717, 1.165) is 19.1 Å². The molecule has 0 unspecified atom stereocenters. The van der Waals surface area contributed by atoms with Gasteiger partial charge in [0, 0.05) is 23.8 Å². The van der Waals surface area contributed by atoms with Crippen LogP contribution in [0.25, 0.3) is 0 Å². The molecule has 2 aromatic rings. The molecule has 1 aromatic carbocycles. The van der Waals surface area contributed by atoms with E-state index in [9.17, 15) is 0 Å². The van der Waals surface area contributed by atoms with Gasteiger partial charge in [-0.3, -0.25) is 4.68 Å². The van der Waals surface area contributed by atoms with Crippen molar-refractivity contribution in [3.63, 3.8) is 0 Å². The first-order valence-corrected chi connectivity index (χ1v) is 7.44. The van der Waals surface area contributed by atoms with Crippen molar-refractivity contribution in [1.82, 2.24) is 15.1 Å². The summed E-state index contributed by atoms with van der Waals surface area (Å²) in [6, 6.07) is 7.37. The molecule has 1 saturated carbocycles. The molecule has 1 heterocycles. The molecule has 1 aromatic heterocycles. The maximum atomic E-state index is 4.56. The van der Waals surface area contributed by atoms with Crippen molar-refractivity contribution in [2.75, 3.05) is 0 Å². The fourth-order valence-corrected chi connectivity index (χ4v) is 2.49. The predicted octanol–water partition coefficient (Wildman–Crippen LogP) is 3.11. The Morgan fingerprint density at radius 3 is 2.75 bits per heavy atom. The van der Waals surface area contributed by atoms with Gasteiger partial charge in [0.1, 0.15) is 0 Å². The normalized spacial score (nSPS) is 14.8. The van der Waals surface area contributed by atoms with Crippen LogP contribution < -0.4 is 5.32 Å².